The zero-order chi connectivity index (χ0) is 13.7. The molecule has 1 aliphatic carbocycles. The predicted octanol–water partition coefficient (Wildman–Crippen LogP) is 5.10. The van der Waals surface area contributed by atoms with Crippen LogP contribution in [0, 0.1) is 5.92 Å². The van der Waals surface area contributed by atoms with Gasteiger partial charge in [-0.3, -0.25) is 0 Å². The highest BCUT2D eigenvalue weighted by atomic mass is 32.2. The lowest BCUT2D eigenvalue weighted by atomic mass is 9.87. The van der Waals surface area contributed by atoms with Crippen LogP contribution in [0.25, 0.3) is 0 Å². The molecule has 0 aromatic carbocycles. The van der Waals surface area contributed by atoms with E-state index >= 15 is 0 Å². The Morgan fingerprint density at radius 3 is 2.58 bits per heavy atom. The first-order valence-electron chi connectivity index (χ1n) is 7.49. The van der Waals surface area contributed by atoms with Crippen molar-refractivity contribution in [3.05, 3.63) is 22.4 Å². The van der Waals surface area contributed by atoms with Gasteiger partial charge in [0.1, 0.15) is 0 Å². The Balaban J connectivity index is 1.98. The number of thioether (sulfide) groups is 1. The first kappa shape index (κ1) is 15.4. The Labute approximate surface area is 126 Å². The van der Waals surface area contributed by atoms with Crippen LogP contribution in [-0.2, 0) is 0 Å². The van der Waals surface area contributed by atoms with Crippen LogP contribution in [-0.4, -0.2) is 17.5 Å². The lowest BCUT2D eigenvalue weighted by Crippen LogP contribution is -2.41. The summed E-state index contributed by atoms with van der Waals surface area (Å²) in [4.78, 5) is 1.49. The Hall–Kier alpha value is 0.01000. The van der Waals surface area contributed by atoms with Gasteiger partial charge < -0.3 is 5.32 Å². The molecule has 1 nitrogen and oxygen atoms in total. The minimum atomic E-state index is 0.489. The van der Waals surface area contributed by atoms with Crippen molar-refractivity contribution >= 4 is 23.1 Å². The summed E-state index contributed by atoms with van der Waals surface area (Å²) >= 11 is 3.97. The van der Waals surface area contributed by atoms with E-state index in [9.17, 15) is 0 Å². The molecule has 1 aromatic heterocycles. The van der Waals surface area contributed by atoms with E-state index in [4.69, 9.17) is 0 Å². The second-order valence-corrected chi connectivity index (χ2v) is 8.32. The quantitative estimate of drug-likeness (QED) is 0.784. The van der Waals surface area contributed by atoms with Crippen molar-refractivity contribution in [1.29, 1.82) is 0 Å². The minimum absolute atomic E-state index is 0.489. The Bertz CT molecular complexity index is 353. The fraction of sp³-hybridized carbons (Fsp3) is 0.750. The van der Waals surface area contributed by atoms with E-state index < -0.39 is 0 Å². The standard InChI is InChI=1S/C16H27NS2/c1-13(2)15(14-8-7-11-19-14)17-12-16(18-3)9-5-4-6-10-16/h7-8,11,13,15,17H,4-6,9-10,12H2,1-3H3. The van der Waals surface area contributed by atoms with Gasteiger partial charge in [0, 0.05) is 22.2 Å². The van der Waals surface area contributed by atoms with E-state index in [0.717, 1.165) is 6.54 Å². The largest absolute Gasteiger partial charge is 0.308 e. The molecule has 1 N–H and O–H groups in total. The first-order valence-corrected chi connectivity index (χ1v) is 9.59. The lowest BCUT2D eigenvalue weighted by Gasteiger charge is -2.37. The van der Waals surface area contributed by atoms with Crippen molar-refractivity contribution < 1.29 is 0 Å². The molecule has 0 amide bonds. The summed E-state index contributed by atoms with van der Waals surface area (Å²) in [6, 6.07) is 4.96. The third kappa shape index (κ3) is 3.99. The summed E-state index contributed by atoms with van der Waals surface area (Å²) in [6.45, 7) is 5.81. The monoisotopic (exact) mass is 297 g/mol. The Morgan fingerprint density at radius 2 is 2.05 bits per heavy atom. The van der Waals surface area contributed by atoms with Gasteiger partial charge in [0.2, 0.25) is 0 Å². The van der Waals surface area contributed by atoms with Crippen molar-refractivity contribution in [2.45, 2.75) is 56.7 Å². The average Bonchev–Trinajstić information content (AvgIpc) is 2.93. The van der Waals surface area contributed by atoms with E-state index in [1.54, 1.807) is 0 Å². The highest BCUT2D eigenvalue weighted by Gasteiger charge is 2.32. The van der Waals surface area contributed by atoms with Crippen molar-refractivity contribution in [2.24, 2.45) is 5.92 Å². The topological polar surface area (TPSA) is 12.0 Å². The van der Waals surface area contributed by atoms with Crippen LogP contribution in [0.2, 0.25) is 0 Å². The molecular weight excluding hydrogens is 270 g/mol. The molecule has 2 rings (SSSR count). The summed E-state index contributed by atoms with van der Waals surface area (Å²) in [5.74, 6) is 0.654. The molecule has 1 heterocycles. The van der Waals surface area contributed by atoms with Gasteiger partial charge in [0.15, 0.2) is 0 Å². The van der Waals surface area contributed by atoms with E-state index in [1.807, 2.05) is 11.3 Å². The van der Waals surface area contributed by atoms with Crippen molar-refractivity contribution in [3.8, 4) is 0 Å². The van der Waals surface area contributed by atoms with Crippen molar-refractivity contribution in [2.75, 3.05) is 12.8 Å². The van der Waals surface area contributed by atoms with E-state index in [1.165, 1.54) is 37.0 Å². The molecule has 1 fully saturated rings. The van der Waals surface area contributed by atoms with Crippen LogP contribution in [0.5, 0.6) is 0 Å². The van der Waals surface area contributed by atoms with Crippen LogP contribution in [0.3, 0.4) is 0 Å². The van der Waals surface area contributed by atoms with Crippen LogP contribution in [0.15, 0.2) is 17.5 Å². The second kappa shape index (κ2) is 7.14. The van der Waals surface area contributed by atoms with Crippen LogP contribution in [0.4, 0.5) is 0 Å². The minimum Gasteiger partial charge on any atom is -0.308 e. The maximum atomic E-state index is 3.87. The lowest BCUT2D eigenvalue weighted by molar-refractivity contribution is 0.337. The summed E-state index contributed by atoms with van der Waals surface area (Å²) in [7, 11) is 0. The zero-order valence-corrected chi connectivity index (χ0v) is 14.1. The maximum absolute atomic E-state index is 3.87. The molecule has 1 atom stereocenters. The number of hydrogen-bond acceptors (Lipinski definition) is 3. The molecule has 108 valence electrons. The van der Waals surface area contributed by atoms with Crippen molar-refractivity contribution in [3.63, 3.8) is 0 Å². The summed E-state index contributed by atoms with van der Waals surface area (Å²) in [5.41, 5.74) is 0. The molecule has 1 aromatic rings. The molecule has 19 heavy (non-hydrogen) atoms. The summed E-state index contributed by atoms with van der Waals surface area (Å²) < 4.78 is 0.489. The van der Waals surface area contributed by atoms with Crippen LogP contribution in [0.1, 0.15) is 56.9 Å². The van der Waals surface area contributed by atoms with Crippen LogP contribution >= 0.6 is 23.1 Å². The van der Waals surface area contributed by atoms with Gasteiger partial charge in [-0.05, 0) is 36.5 Å². The Morgan fingerprint density at radius 1 is 1.32 bits per heavy atom. The zero-order valence-electron chi connectivity index (χ0n) is 12.4. The predicted molar refractivity (Wildman–Crippen MR) is 89.2 cm³/mol. The molecule has 1 aliphatic rings. The molecule has 0 aliphatic heterocycles. The van der Waals surface area contributed by atoms with Gasteiger partial charge in [-0.1, -0.05) is 39.2 Å². The SMILES string of the molecule is CSC1(CNC(c2cccs2)C(C)C)CCCCC1. The highest BCUT2D eigenvalue weighted by molar-refractivity contribution is 8.00. The molecule has 3 heteroatoms. The maximum Gasteiger partial charge on any atom is 0.0438 e. The first-order chi connectivity index (χ1) is 9.17. The molecule has 0 saturated heterocycles. The fourth-order valence-electron chi connectivity index (χ4n) is 3.08. The van der Waals surface area contributed by atoms with Gasteiger partial charge in [-0.2, -0.15) is 11.8 Å². The molecule has 1 saturated carbocycles. The molecular formula is C16H27NS2. The van der Waals surface area contributed by atoms with Crippen molar-refractivity contribution in [1.82, 2.24) is 5.32 Å². The van der Waals surface area contributed by atoms with E-state index in [0.29, 0.717) is 16.7 Å². The number of hydrogen-bond donors (Lipinski definition) is 1. The fourth-order valence-corrected chi connectivity index (χ4v) is 4.98. The van der Waals surface area contributed by atoms with E-state index in [-0.39, 0.29) is 0 Å². The molecule has 1 unspecified atom stereocenters. The second-order valence-electron chi connectivity index (χ2n) is 6.07. The van der Waals surface area contributed by atoms with Crippen LogP contribution < -0.4 is 5.32 Å². The smallest absolute Gasteiger partial charge is 0.0438 e. The average molecular weight is 298 g/mol. The van der Waals surface area contributed by atoms with Gasteiger partial charge in [0.25, 0.3) is 0 Å². The van der Waals surface area contributed by atoms with Gasteiger partial charge in [-0.25, -0.2) is 0 Å². The molecule has 0 bridgehead atoms. The summed E-state index contributed by atoms with van der Waals surface area (Å²) in [5, 5.41) is 6.06. The number of nitrogens with one attached hydrogen (secondary N) is 1. The number of thiophene rings is 1. The molecule has 0 radical (unpaired) electrons. The normalized spacial score (nSPS) is 20.6. The van der Waals surface area contributed by atoms with Gasteiger partial charge >= 0.3 is 0 Å². The number of rotatable bonds is 6. The van der Waals surface area contributed by atoms with Gasteiger partial charge in [0.05, 0.1) is 0 Å². The third-order valence-corrected chi connectivity index (χ3v) is 6.73. The Kier molecular flexibility index (Phi) is 5.79. The van der Waals surface area contributed by atoms with Gasteiger partial charge in [-0.15, -0.1) is 11.3 Å². The highest BCUT2D eigenvalue weighted by Crippen LogP contribution is 2.39. The third-order valence-electron chi connectivity index (χ3n) is 4.36. The summed E-state index contributed by atoms with van der Waals surface area (Å²) in [6.07, 6.45) is 9.32. The van der Waals surface area contributed by atoms with E-state index in [2.05, 4.69) is 54.7 Å². The molecule has 0 spiro atoms.